The minimum Gasteiger partial charge on any atom is -0.398 e. The van der Waals surface area contributed by atoms with Crippen LogP contribution < -0.4 is 11.5 Å². The van der Waals surface area contributed by atoms with E-state index in [-0.39, 0.29) is 0 Å². The van der Waals surface area contributed by atoms with E-state index in [1.165, 1.54) is 11.1 Å². The molecular formula is C8H10N2. The van der Waals surface area contributed by atoms with E-state index in [0.717, 1.165) is 24.2 Å². The summed E-state index contributed by atoms with van der Waals surface area (Å²) in [4.78, 5) is 0. The Morgan fingerprint density at radius 3 is 1.60 bits per heavy atom. The van der Waals surface area contributed by atoms with Crippen molar-refractivity contribution in [2.45, 2.75) is 12.8 Å². The van der Waals surface area contributed by atoms with Crippen molar-refractivity contribution in [2.24, 2.45) is 0 Å². The number of nitrogen functional groups attached to an aromatic ring is 2. The Kier molecular flexibility index (Phi) is 0.926. The second-order valence-corrected chi connectivity index (χ2v) is 2.70. The number of hydrogen-bond acceptors (Lipinski definition) is 2. The number of nitrogens with two attached hydrogens (primary N) is 2. The van der Waals surface area contributed by atoms with Gasteiger partial charge in [0, 0.05) is 11.4 Å². The van der Waals surface area contributed by atoms with E-state index in [4.69, 9.17) is 11.5 Å². The predicted octanol–water partition coefficient (Wildman–Crippen LogP) is 0.950. The molecule has 10 heavy (non-hydrogen) atoms. The summed E-state index contributed by atoms with van der Waals surface area (Å²) in [5, 5.41) is 0. The highest BCUT2D eigenvalue weighted by Gasteiger charge is 2.17. The lowest BCUT2D eigenvalue weighted by Crippen LogP contribution is -2.14. The quantitative estimate of drug-likeness (QED) is 0.519. The van der Waals surface area contributed by atoms with E-state index >= 15 is 0 Å². The summed E-state index contributed by atoms with van der Waals surface area (Å²) in [7, 11) is 0. The molecule has 2 heteroatoms. The van der Waals surface area contributed by atoms with E-state index in [1.807, 2.05) is 12.1 Å². The molecule has 1 aromatic rings. The first-order valence-corrected chi connectivity index (χ1v) is 3.45. The molecule has 1 aliphatic rings. The Morgan fingerprint density at radius 1 is 0.900 bits per heavy atom. The third kappa shape index (κ3) is 0.533. The van der Waals surface area contributed by atoms with Gasteiger partial charge in [0.15, 0.2) is 0 Å². The average molecular weight is 134 g/mol. The monoisotopic (exact) mass is 134 g/mol. The van der Waals surface area contributed by atoms with Crippen LogP contribution in [-0.4, -0.2) is 0 Å². The largest absolute Gasteiger partial charge is 0.398 e. The maximum absolute atomic E-state index is 5.69. The zero-order valence-electron chi connectivity index (χ0n) is 5.72. The van der Waals surface area contributed by atoms with Crippen LogP contribution in [0.15, 0.2) is 12.1 Å². The molecule has 0 heterocycles. The Labute approximate surface area is 59.8 Å². The summed E-state index contributed by atoms with van der Waals surface area (Å²) in [6.07, 6.45) is 2.21. The van der Waals surface area contributed by atoms with Gasteiger partial charge in [-0.25, -0.2) is 0 Å². The second-order valence-electron chi connectivity index (χ2n) is 2.70. The summed E-state index contributed by atoms with van der Waals surface area (Å²) in [6, 6.07) is 3.76. The van der Waals surface area contributed by atoms with E-state index in [0.29, 0.717) is 0 Å². The predicted molar refractivity (Wildman–Crippen MR) is 42.7 cm³/mol. The van der Waals surface area contributed by atoms with Crippen LogP contribution in [0.25, 0.3) is 0 Å². The van der Waals surface area contributed by atoms with Crippen LogP contribution in [-0.2, 0) is 12.8 Å². The van der Waals surface area contributed by atoms with Gasteiger partial charge in [0.25, 0.3) is 0 Å². The van der Waals surface area contributed by atoms with Gasteiger partial charge < -0.3 is 11.5 Å². The fraction of sp³-hybridized carbons (Fsp3) is 0.250. The molecule has 0 aromatic heterocycles. The molecule has 2 nitrogen and oxygen atoms in total. The van der Waals surface area contributed by atoms with Gasteiger partial charge in [-0.15, -0.1) is 0 Å². The molecule has 0 saturated carbocycles. The van der Waals surface area contributed by atoms with Crippen molar-refractivity contribution in [1.82, 2.24) is 0 Å². The average Bonchev–Trinajstić information content (AvgIpc) is 1.78. The summed E-state index contributed by atoms with van der Waals surface area (Å²) in [5.74, 6) is 0. The summed E-state index contributed by atoms with van der Waals surface area (Å²) in [6.45, 7) is 0. The van der Waals surface area contributed by atoms with E-state index in [1.54, 1.807) is 0 Å². The van der Waals surface area contributed by atoms with Crippen LogP contribution in [0.1, 0.15) is 11.1 Å². The fourth-order valence-corrected chi connectivity index (χ4v) is 1.39. The molecule has 2 rings (SSSR count). The summed E-state index contributed by atoms with van der Waals surface area (Å²) >= 11 is 0. The van der Waals surface area contributed by atoms with E-state index in [2.05, 4.69) is 0 Å². The highest BCUT2D eigenvalue weighted by atomic mass is 14.6. The zero-order chi connectivity index (χ0) is 7.14. The van der Waals surface area contributed by atoms with Crippen molar-refractivity contribution in [2.75, 3.05) is 11.5 Å². The topological polar surface area (TPSA) is 52.0 Å². The summed E-state index contributed by atoms with van der Waals surface area (Å²) < 4.78 is 0. The van der Waals surface area contributed by atoms with Crippen LogP contribution in [0.2, 0.25) is 0 Å². The molecular weight excluding hydrogens is 124 g/mol. The van der Waals surface area contributed by atoms with Crippen molar-refractivity contribution in [3.63, 3.8) is 0 Å². The van der Waals surface area contributed by atoms with Gasteiger partial charge >= 0.3 is 0 Å². The van der Waals surface area contributed by atoms with Gasteiger partial charge in [0.2, 0.25) is 0 Å². The smallest absolute Gasteiger partial charge is 0.0350 e. The van der Waals surface area contributed by atoms with Crippen molar-refractivity contribution < 1.29 is 0 Å². The Morgan fingerprint density at radius 2 is 1.30 bits per heavy atom. The summed E-state index contributed by atoms with van der Waals surface area (Å²) in [5.41, 5.74) is 15.7. The van der Waals surface area contributed by atoms with Crippen molar-refractivity contribution in [1.29, 1.82) is 0 Å². The molecule has 0 aliphatic heterocycles. The van der Waals surface area contributed by atoms with Gasteiger partial charge in [0.1, 0.15) is 0 Å². The Bertz CT molecular complexity index is 250. The maximum atomic E-state index is 5.69. The number of anilines is 2. The molecule has 4 N–H and O–H groups in total. The van der Waals surface area contributed by atoms with Crippen LogP contribution in [0, 0.1) is 0 Å². The lowest BCUT2D eigenvalue weighted by atomic mass is 9.86. The number of hydrogen-bond donors (Lipinski definition) is 2. The van der Waals surface area contributed by atoms with Crippen LogP contribution >= 0.6 is 0 Å². The standard InChI is InChI=1S/C8H10N2/c9-7-3-4-8(10)6-2-1-5(6)7/h3-4H,1-2,9-10H2. The first-order valence-electron chi connectivity index (χ1n) is 3.45. The molecule has 0 atom stereocenters. The third-order valence-electron chi connectivity index (χ3n) is 2.13. The molecule has 1 aromatic carbocycles. The molecule has 0 fully saturated rings. The maximum Gasteiger partial charge on any atom is 0.0350 e. The SMILES string of the molecule is Nc1ccc(N)c2c1CC2. The van der Waals surface area contributed by atoms with Gasteiger partial charge in [-0.2, -0.15) is 0 Å². The lowest BCUT2D eigenvalue weighted by Gasteiger charge is -2.22. The van der Waals surface area contributed by atoms with Crippen LogP contribution in [0.4, 0.5) is 11.4 Å². The zero-order valence-corrected chi connectivity index (χ0v) is 5.72. The molecule has 0 saturated heterocycles. The minimum atomic E-state index is 0.899. The molecule has 52 valence electrons. The highest BCUT2D eigenvalue weighted by molar-refractivity contribution is 5.65. The molecule has 0 radical (unpaired) electrons. The number of fused-ring (bicyclic) bond motifs is 1. The molecule has 1 aliphatic carbocycles. The first-order chi connectivity index (χ1) is 4.79. The van der Waals surface area contributed by atoms with Gasteiger partial charge in [-0.1, -0.05) is 0 Å². The molecule has 0 bridgehead atoms. The van der Waals surface area contributed by atoms with E-state index in [9.17, 15) is 0 Å². The highest BCUT2D eigenvalue weighted by Crippen LogP contribution is 2.32. The van der Waals surface area contributed by atoms with Crippen molar-refractivity contribution in [3.8, 4) is 0 Å². The van der Waals surface area contributed by atoms with Crippen LogP contribution in [0.5, 0.6) is 0 Å². The Balaban J connectivity index is 2.66. The lowest BCUT2D eigenvalue weighted by molar-refractivity contribution is 0.848. The molecule has 0 spiro atoms. The number of benzene rings is 1. The molecule has 0 unspecified atom stereocenters. The van der Waals surface area contributed by atoms with Crippen molar-refractivity contribution >= 4 is 11.4 Å². The van der Waals surface area contributed by atoms with Gasteiger partial charge in [0.05, 0.1) is 0 Å². The second kappa shape index (κ2) is 1.66. The third-order valence-corrected chi connectivity index (χ3v) is 2.13. The normalized spacial score (nSPS) is 14.0. The number of rotatable bonds is 0. The van der Waals surface area contributed by atoms with Crippen molar-refractivity contribution in [3.05, 3.63) is 23.3 Å². The van der Waals surface area contributed by atoms with Gasteiger partial charge in [-0.05, 0) is 36.1 Å². The first kappa shape index (κ1) is 5.59. The Hall–Kier alpha value is -1.18. The fourth-order valence-electron chi connectivity index (χ4n) is 1.39. The minimum absolute atomic E-state index is 0.899. The van der Waals surface area contributed by atoms with Crippen LogP contribution in [0.3, 0.4) is 0 Å². The van der Waals surface area contributed by atoms with E-state index < -0.39 is 0 Å². The van der Waals surface area contributed by atoms with Gasteiger partial charge in [-0.3, -0.25) is 0 Å². The molecule has 0 amide bonds.